The van der Waals surface area contributed by atoms with E-state index < -0.39 is 10.0 Å². The zero-order valence-electron chi connectivity index (χ0n) is 8.79. The van der Waals surface area contributed by atoms with E-state index in [1.54, 1.807) is 24.0 Å². The minimum Gasteiger partial charge on any atom is -0.271 e. The van der Waals surface area contributed by atoms with E-state index in [1.807, 2.05) is 0 Å². The zero-order chi connectivity index (χ0) is 12.5. The third kappa shape index (κ3) is 2.83. The van der Waals surface area contributed by atoms with E-state index in [0.717, 1.165) is 17.0 Å². The molecule has 0 saturated carbocycles. The molecule has 0 bridgehead atoms. The summed E-state index contributed by atoms with van der Waals surface area (Å²) in [5.74, 6) is 0. The van der Waals surface area contributed by atoms with Crippen LogP contribution in [0, 0.1) is 0 Å². The van der Waals surface area contributed by atoms with Gasteiger partial charge in [0.05, 0.1) is 18.4 Å². The van der Waals surface area contributed by atoms with E-state index in [-0.39, 0.29) is 15.2 Å². The maximum atomic E-state index is 11.8. The molecule has 0 aromatic carbocycles. The molecule has 0 spiro atoms. The number of nitrogens with zero attached hydrogens (tertiary/aromatic N) is 3. The summed E-state index contributed by atoms with van der Waals surface area (Å²) in [6.45, 7) is 0.175. The first-order chi connectivity index (χ1) is 7.99. The lowest BCUT2D eigenvalue weighted by Gasteiger charge is -2.04. The molecule has 0 aliphatic heterocycles. The Morgan fingerprint density at radius 3 is 2.88 bits per heavy atom. The smallest absolute Gasteiger partial charge is 0.252 e. The van der Waals surface area contributed by atoms with Crippen molar-refractivity contribution in [2.75, 3.05) is 0 Å². The van der Waals surface area contributed by atoms with Crippen LogP contribution in [0.1, 0.15) is 5.69 Å². The average Bonchev–Trinajstić information content (AvgIpc) is 2.85. The molecule has 6 nitrogen and oxygen atoms in total. The van der Waals surface area contributed by atoms with E-state index in [2.05, 4.69) is 14.8 Å². The lowest BCUT2D eigenvalue weighted by Crippen LogP contribution is -2.23. The van der Waals surface area contributed by atoms with Crippen LogP contribution in [0.5, 0.6) is 0 Å². The van der Waals surface area contributed by atoms with E-state index in [4.69, 9.17) is 11.6 Å². The standard InChI is InChI=1S/C8H9ClN4O2S2/c1-13-6(2-3-11-13)4-12-17(14,15)7-5-10-8(9)16-7/h2-3,5,12H,4H2,1H3. The predicted molar refractivity (Wildman–Crippen MR) is 64.4 cm³/mol. The zero-order valence-corrected chi connectivity index (χ0v) is 11.2. The fraction of sp³-hybridized carbons (Fsp3) is 0.250. The molecular weight excluding hydrogens is 284 g/mol. The highest BCUT2D eigenvalue weighted by Crippen LogP contribution is 2.22. The molecule has 0 radical (unpaired) electrons. The van der Waals surface area contributed by atoms with Gasteiger partial charge in [0, 0.05) is 13.2 Å². The second kappa shape index (κ2) is 4.73. The molecule has 2 rings (SSSR count). The molecule has 0 aliphatic rings. The summed E-state index contributed by atoms with van der Waals surface area (Å²) in [6.07, 6.45) is 2.84. The van der Waals surface area contributed by atoms with E-state index in [9.17, 15) is 8.42 Å². The summed E-state index contributed by atoms with van der Waals surface area (Å²) in [7, 11) is -1.81. The number of halogens is 1. The number of aromatic nitrogens is 3. The normalized spacial score (nSPS) is 11.9. The van der Waals surface area contributed by atoms with Crippen molar-refractivity contribution in [3.8, 4) is 0 Å². The second-order valence-corrected chi connectivity index (χ2v) is 6.81. The number of sulfonamides is 1. The van der Waals surface area contributed by atoms with Gasteiger partial charge in [0.1, 0.15) is 0 Å². The Kier molecular flexibility index (Phi) is 3.48. The van der Waals surface area contributed by atoms with Gasteiger partial charge in [-0.2, -0.15) is 5.10 Å². The van der Waals surface area contributed by atoms with Crippen molar-refractivity contribution in [3.05, 3.63) is 28.6 Å². The van der Waals surface area contributed by atoms with Crippen molar-refractivity contribution in [2.45, 2.75) is 10.8 Å². The Morgan fingerprint density at radius 2 is 2.35 bits per heavy atom. The monoisotopic (exact) mass is 292 g/mol. The van der Waals surface area contributed by atoms with Gasteiger partial charge in [-0.15, -0.1) is 0 Å². The molecule has 2 aromatic heterocycles. The number of rotatable bonds is 4. The van der Waals surface area contributed by atoms with Gasteiger partial charge in [0.2, 0.25) is 0 Å². The maximum absolute atomic E-state index is 11.8. The summed E-state index contributed by atoms with van der Waals surface area (Å²) in [4.78, 5) is 3.69. The topological polar surface area (TPSA) is 76.9 Å². The van der Waals surface area contributed by atoms with Crippen LogP contribution < -0.4 is 4.72 Å². The summed E-state index contributed by atoms with van der Waals surface area (Å²) in [5.41, 5.74) is 0.768. The van der Waals surface area contributed by atoms with Gasteiger partial charge >= 0.3 is 0 Å². The minimum atomic E-state index is -3.55. The molecule has 0 atom stereocenters. The third-order valence-corrected chi connectivity index (χ3v) is 5.06. The summed E-state index contributed by atoms with van der Waals surface area (Å²) in [6, 6.07) is 1.74. The van der Waals surface area contributed by atoms with Crippen LogP contribution in [0.2, 0.25) is 4.47 Å². The van der Waals surface area contributed by atoms with Crippen molar-refractivity contribution < 1.29 is 8.42 Å². The highest BCUT2D eigenvalue weighted by atomic mass is 35.5. The van der Waals surface area contributed by atoms with Crippen LogP contribution in [0.3, 0.4) is 0 Å². The molecule has 9 heteroatoms. The van der Waals surface area contributed by atoms with E-state index in [0.29, 0.717) is 0 Å². The van der Waals surface area contributed by atoms with E-state index in [1.165, 1.54) is 6.20 Å². The third-order valence-electron chi connectivity index (χ3n) is 2.09. The summed E-state index contributed by atoms with van der Waals surface area (Å²) >= 11 is 6.51. The van der Waals surface area contributed by atoms with E-state index >= 15 is 0 Å². The first-order valence-electron chi connectivity index (χ1n) is 4.57. The number of thiazole rings is 1. The molecule has 92 valence electrons. The Labute approximate surface area is 107 Å². The number of hydrogen-bond acceptors (Lipinski definition) is 5. The Bertz CT molecular complexity index is 619. The average molecular weight is 293 g/mol. The molecule has 0 saturated heterocycles. The van der Waals surface area contributed by atoms with Crippen molar-refractivity contribution in [2.24, 2.45) is 7.05 Å². The largest absolute Gasteiger partial charge is 0.271 e. The van der Waals surface area contributed by atoms with Crippen molar-refractivity contribution >= 4 is 33.0 Å². The molecule has 0 amide bonds. The van der Waals surface area contributed by atoms with Crippen LogP contribution in [0.25, 0.3) is 0 Å². The van der Waals surface area contributed by atoms with Gasteiger partial charge in [-0.3, -0.25) is 4.68 Å². The summed E-state index contributed by atoms with van der Waals surface area (Å²) < 4.78 is 28.0. The lowest BCUT2D eigenvalue weighted by molar-refractivity contribution is 0.579. The highest BCUT2D eigenvalue weighted by molar-refractivity contribution is 7.91. The van der Waals surface area contributed by atoms with Gasteiger partial charge in [0.25, 0.3) is 10.0 Å². The van der Waals surface area contributed by atoms with Crippen molar-refractivity contribution in [1.82, 2.24) is 19.5 Å². The molecule has 1 N–H and O–H groups in total. The first kappa shape index (κ1) is 12.5. The fourth-order valence-electron chi connectivity index (χ4n) is 1.18. The van der Waals surface area contributed by atoms with Crippen LogP contribution in [-0.4, -0.2) is 23.2 Å². The first-order valence-corrected chi connectivity index (χ1v) is 7.25. The minimum absolute atomic E-state index is 0.102. The molecular formula is C8H9ClN4O2S2. The quantitative estimate of drug-likeness (QED) is 0.912. The number of nitrogens with one attached hydrogen (secondary N) is 1. The van der Waals surface area contributed by atoms with Gasteiger partial charge < -0.3 is 0 Å². The Morgan fingerprint density at radius 1 is 1.59 bits per heavy atom. The van der Waals surface area contributed by atoms with Crippen LogP contribution in [0.4, 0.5) is 0 Å². The number of aryl methyl sites for hydroxylation is 1. The Hall–Kier alpha value is -0.960. The highest BCUT2D eigenvalue weighted by Gasteiger charge is 2.17. The Balaban J connectivity index is 2.11. The van der Waals surface area contributed by atoms with Gasteiger partial charge in [-0.1, -0.05) is 22.9 Å². The molecule has 0 aliphatic carbocycles. The van der Waals surface area contributed by atoms with Crippen LogP contribution in [-0.2, 0) is 23.6 Å². The van der Waals surface area contributed by atoms with Crippen LogP contribution in [0.15, 0.2) is 22.7 Å². The van der Waals surface area contributed by atoms with Crippen molar-refractivity contribution in [1.29, 1.82) is 0 Å². The van der Waals surface area contributed by atoms with Gasteiger partial charge in [-0.25, -0.2) is 18.1 Å². The molecule has 2 aromatic rings. The molecule has 0 unspecified atom stereocenters. The fourth-order valence-corrected chi connectivity index (χ4v) is 3.51. The lowest BCUT2D eigenvalue weighted by atomic mass is 10.4. The molecule has 0 fully saturated rings. The maximum Gasteiger partial charge on any atom is 0.252 e. The molecule has 2 heterocycles. The van der Waals surface area contributed by atoms with Crippen LogP contribution >= 0.6 is 22.9 Å². The number of hydrogen-bond donors (Lipinski definition) is 1. The summed E-state index contributed by atoms with van der Waals surface area (Å²) in [5, 5.41) is 3.95. The predicted octanol–water partition coefficient (Wildman–Crippen LogP) is 1.01. The van der Waals surface area contributed by atoms with Crippen molar-refractivity contribution in [3.63, 3.8) is 0 Å². The second-order valence-electron chi connectivity index (χ2n) is 3.20. The molecule has 17 heavy (non-hydrogen) atoms. The van der Waals surface area contributed by atoms with Gasteiger partial charge in [0.15, 0.2) is 8.68 Å². The van der Waals surface area contributed by atoms with Gasteiger partial charge in [-0.05, 0) is 6.07 Å². The SMILES string of the molecule is Cn1nccc1CNS(=O)(=O)c1cnc(Cl)s1.